The van der Waals surface area contributed by atoms with Crippen LogP contribution in [0.2, 0.25) is 0 Å². The second-order valence-electron chi connectivity index (χ2n) is 5.00. The average molecular weight is 272 g/mol. The van der Waals surface area contributed by atoms with Crippen LogP contribution in [-0.2, 0) is 28.1 Å². The molecule has 1 fully saturated rings. The molecule has 1 N–H and O–H groups in total. The predicted octanol–water partition coefficient (Wildman–Crippen LogP) is 0.161. The molecule has 2 rings (SSSR count). The number of nitrogens with zero attached hydrogens (tertiary/aromatic N) is 2. The topological polar surface area (TPSA) is 89.3 Å². The summed E-state index contributed by atoms with van der Waals surface area (Å²) in [6.45, 7) is 1.82. The lowest BCUT2D eigenvalue weighted by molar-refractivity contribution is -0.147. The second kappa shape index (κ2) is 4.08. The Morgan fingerprint density at radius 2 is 2.28 bits per heavy atom. The second-order valence-corrected chi connectivity index (χ2v) is 7.19. The summed E-state index contributed by atoms with van der Waals surface area (Å²) in [5.74, 6) is -1.36. The number of hydrogen-bond acceptors (Lipinski definition) is 4. The molecular weight excluding hydrogens is 256 g/mol. The van der Waals surface area contributed by atoms with Crippen LogP contribution in [0.15, 0.2) is 6.07 Å². The number of sulfone groups is 1. The number of aryl methyl sites for hydroxylation is 2. The molecule has 1 aliphatic rings. The minimum atomic E-state index is -3.24. The van der Waals surface area contributed by atoms with Crippen LogP contribution in [0.3, 0.4) is 0 Å². The van der Waals surface area contributed by atoms with E-state index in [0.717, 1.165) is 11.4 Å². The third kappa shape index (κ3) is 2.27. The fourth-order valence-electron chi connectivity index (χ4n) is 2.48. The minimum absolute atomic E-state index is 0.0455. The lowest BCUT2D eigenvalue weighted by Gasteiger charge is -2.22. The molecule has 7 heteroatoms. The maximum atomic E-state index is 11.5. The first-order valence-corrected chi connectivity index (χ1v) is 7.50. The molecule has 0 saturated carbocycles. The Morgan fingerprint density at radius 1 is 1.61 bits per heavy atom. The highest BCUT2D eigenvalue weighted by Crippen LogP contribution is 2.36. The molecule has 1 aromatic rings. The highest BCUT2D eigenvalue weighted by molar-refractivity contribution is 7.91. The van der Waals surface area contributed by atoms with Crippen molar-refractivity contribution in [3.05, 3.63) is 17.5 Å². The van der Waals surface area contributed by atoms with E-state index in [9.17, 15) is 18.3 Å². The Hall–Kier alpha value is -1.37. The first kappa shape index (κ1) is 13.1. The summed E-state index contributed by atoms with van der Waals surface area (Å²) in [7, 11) is -1.50. The quantitative estimate of drug-likeness (QED) is 0.846. The summed E-state index contributed by atoms with van der Waals surface area (Å²) >= 11 is 0. The van der Waals surface area contributed by atoms with E-state index in [1.165, 1.54) is 0 Å². The zero-order valence-corrected chi connectivity index (χ0v) is 11.2. The van der Waals surface area contributed by atoms with Gasteiger partial charge in [-0.05, 0) is 19.4 Å². The van der Waals surface area contributed by atoms with Crippen molar-refractivity contribution in [2.24, 2.45) is 12.5 Å². The fourth-order valence-corrected chi connectivity index (χ4v) is 4.53. The third-order valence-corrected chi connectivity index (χ3v) is 5.28. The summed E-state index contributed by atoms with van der Waals surface area (Å²) in [6.07, 6.45) is 0.383. The zero-order valence-electron chi connectivity index (χ0n) is 10.4. The summed E-state index contributed by atoms with van der Waals surface area (Å²) in [6, 6.07) is 1.80. The molecule has 100 valence electrons. The van der Waals surface area contributed by atoms with Gasteiger partial charge in [-0.3, -0.25) is 9.48 Å². The maximum absolute atomic E-state index is 11.5. The van der Waals surface area contributed by atoms with Crippen LogP contribution in [0.1, 0.15) is 17.8 Å². The van der Waals surface area contributed by atoms with Gasteiger partial charge in [0.2, 0.25) is 0 Å². The number of carboxylic acids is 1. The van der Waals surface area contributed by atoms with Crippen molar-refractivity contribution < 1.29 is 18.3 Å². The standard InChI is InChI=1S/C11H16N2O4S/c1-8-5-9(13(2)12-8)6-11(10(14)15)3-4-18(16,17)7-11/h5H,3-4,6-7H2,1-2H3,(H,14,15). The van der Waals surface area contributed by atoms with E-state index in [1.54, 1.807) is 17.8 Å². The van der Waals surface area contributed by atoms with E-state index in [0.29, 0.717) is 0 Å². The lowest BCUT2D eigenvalue weighted by atomic mass is 9.83. The predicted molar refractivity (Wildman–Crippen MR) is 65.0 cm³/mol. The Kier molecular flexibility index (Phi) is 2.96. The first-order chi connectivity index (χ1) is 8.24. The Labute approximate surface area is 106 Å². The SMILES string of the molecule is Cc1cc(CC2(C(=O)O)CCS(=O)(=O)C2)n(C)n1. The van der Waals surface area contributed by atoms with Crippen LogP contribution in [0.4, 0.5) is 0 Å². The van der Waals surface area contributed by atoms with Crippen molar-refractivity contribution in [3.8, 4) is 0 Å². The van der Waals surface area contributed by atoms with Crippen LogP contribution >= 0.6 is 0 Å². The average Bonchev–Trinajstić information content (AvgIpc) is 2.69. The molecule has 1 aliphatic heterocycles. The van der Waals surface area contributed by atoms with Gasteiger partial charge in [-0.1, -0.05) is 0 Å². The number of carbonyl (C=O) groups is 1. The maximum Gasteiger partial charge on any atom is 0.311 e. The van der Waals surface area contributed by atoms with Gasteiger partial charge < -0.3 is 5.11 Å². The lowest BCUT2D eigenvalue weighted by Crippen LogP contribution is -2.35. The van der Waals surface area contributed by atoms with Gasteiger partial charge in [-0.15, -0.1) is 0 Å². The molecule has 1 aromatic heterocycles. The highest BCUT2D eigenvalue weighted by Gasteiger charge is 2.48. The van der Waals surface area contributed by atoms with Crippen molar-refractivity contribution in [2.45, 2.75) is 19.8 Å². The number of aliphatic carboxylic acids is 1. The third-order valence-electron chi connectivity index (χ3n) is 3.46. The van der Waals surface area contributed by atoms with Gasteiger partial charge in [0.05, 0.1) is 22.6 Å². The summed E-state index contributed by atoms with van der Waals surface area (Å²) < 4.78 is 24.7. The van der Waals surface area contributed by atoms with Gasteiger partial charge in [0.1, 0.15) is 0 Å². The summed E-state index contributed by atoms with van der Waals surface area (Å²) in [5, 5.41) is 13.5. The molecule has 1 saturated heterocycles. The molecule has 0 aliphatic carbocycles. The summed E-state index contributed by atoms with van der Waals surface area (Å²) in [4.78, 5) is 11.4. The molecule has 0 spiro atoms. The van der Waals surface area contributed by atoms with Crippen molar-refractivity contribution in [2.75, 3.05) is 11.5 Å². The molecule has 1 atom stereocenters. The van der Waals surface area contributed by atoms with Crippen LogP contribution < -0.4 is 0 Å². The Balaban J connectivity index is 2.34. The first-order valence-electron chi connectivity index (χ1n) is 5.67. The fraction of sp³-hybridized carbons (Fsp3) is 0.636. The molecule has 0 radical (unpaired) electrons. The summed E-state index contributed by atoms with van der Waals surface area (Å²) in [5.41, 5.74) is 0.361. The van der Waals surface area contributed by atoms with Crippen molar-refractivity contribution >= 4 is 15.8 Å². The van der Waals surface area contributed by atoms with E-state index >= 15 is 0 Å². The van der Waals surface area contributed by atoms with Crippen molar-refractivity contribution in [1.29, 1.82) is 0 Å². The van der Waals surface area contributed by atoms with E-state index < -0.39 is 21.2 Å². The van der Waals surface area contributed by atoms with Gasteiger partial charge in [0, 0.05) is 19.2 Å². The van der Waals surface area contributed by atoms with Gasteiger partial charge >= 0.3 is 5.97 Å². The van der Waals surface area contributed by atoms with Gasteiger partial charge in [0.15, 0.2) is 9.84 Å². The normalized spacial score (nSPS) is 26.3. The number of hydrogen-bond donors (Lipinski definition) is 1. The highest BCUT2D eigenvalue weighted by atomic mass is 32.2. The minimum Gasteiger partial charge on any atom is -0.481 e. The van der Waals surface area contributed by atoms with Crippen LogP contribution in [0.5, 0.6) is 0 Å². The van der Waals surface area contributed by atoms with Gasteiger partial charge in [-0.2, -0.15) is 5.10 Å². The van der Waals surface area contributed by atoms with Crippen LogP contribution in [-0.4, -0.2) is 40.8 Å². The Bertz CT molecular complexity index is 590. The monoisotopic (exact) mass is 272 g/mol. The van der Waals surface area contributed by atoms with Crippen molar-refractivity contribution in [1.82, 2.24) is 9.78 Å². The van der Waals surface area contributed by atoms with Gasteiger partial charge in [-0.25, -0.2) is 8.42 Å². The van der Waals surface area contributed by atoms with Gasteiger partial charge in [0.25, 0.3) is 0 Å². The molecule has 6 nitrogen and oxygen atoms in total. The molecule has 2 heterocycles. The molecule has 0 aromatic carbocycles. The van der Waals surface area contributed by atoms with E-state index in [-0.39, 0.29) is 24.3 Å². The molecule has 1 unspecified atom stereocenters. The van der Waals surface area contributed by atoms with Crippen molar-refractivity contribution in [3.63, 3.8) is 0 Å². The van der Waals surface area contributed by atoms with Crippen LogP contribution in [0.25, 0.3) is 0 Å². The molecule has 0 amide bonds. The number of aromatic nitrogens is 2. The molecular formula is C11H16N2O4S. The number of rotatable bonds is 3. The molecule has 0 bridgehead atoms. The molecule has 18 heavy (non-hydrogen) atoms. The van der Waals surface area contributed by atoms with E-state index in [2.05, 4.69) is 5.10 Å². The zero-order chi connectivity index (χ0) is 13.6. The Morgan fingerprint density at radius 3 is 2.67 bits per heavy atom. The number of carboxylic acid groups (broad SMARTS) is 1. The van der Waals surface area contributed by atoms with E-state index in [1.807, 2.05) is 6.92 Å². The van der Waals surface area contributed by atoms with Crippen LogP contribution in [0, 0.1) is 12.3 Å². The van der Waals surface area contributed by atoms with E-state index in [4.69, 9.17) is 0 Å². The largest absolute Gasteiger partial charge is 0.481 e. The smallest absolute Gasteiger partial charge is 0.311 e.